The van der Waals surface area contributed by atoms with Crippen LogP contribution in [-0.2, 0) is 0 Å². The Morgan fingerprint density at radius 3 is 2.69 bits per heavy atom. The van der Waals surface area contributed by atoms with Gasteiger partial charge in [-0.05, 0) is 18.6 Å². The highest BCUT2D eigenvalue weighted by molar-refractivity contribution is 5.48. The number of anilines is 1. The Morgan fingerprint density at radius 2 is 2.15 bits per heavy atom. The quantitative estimate of drug-likeness (QED) is 0.774. The Bertz CT molecular complexity index is 283. The Kier molecular flexibility index (Phi) is 2.75. The van der Waals surface area contributed by atoms with Gasteiger partial charge in [0, 0.05) is 18.1 Å². The van der Waals surface area contributed by atoms with Crippen LogP contribution >= 0.6 is 0 Å². The molecule has 0 radical (unpaired) electrons. The van der Waals surface area contributed by atoms with Crippen LogP contribution in [0.2, 0.25) is 0 Å². The molecule has 0 aliphatic heterocycles. The summed E-state index contributed by atoms with van der Waals surface area (Å²) >= 11 is 0. The van der Waals surface area contributed by atoms with E-state index < -0.39 is 12.7 Å². The number of hydrogen-bond donors (Lipinski definition) is 1. The van der Waals surface area contributed by atoms with Crippen molar-refractivity contribution in [3.05, 3.63) is 24.0 Å². The number of nitrogens with zero attached hydrogens (tertiary/aromatic N) is 1. The predicted molar refractivity (Wildman–Crippen MR) is 43.5 cm³/mol. The van der Waals surface area contributed by atoms with Crippen molar-refractivity contribution in [3.8, 4) is 0 Å². The highest BCUT2D eigenvalue weighted by Gasteiger charge is 2.26. The molecule has 0 unspecified atom stereocenters. The van der Waals surface area contributed by atoms with E-state index in [1.165, 1.54) is 18.5 Å². The maximum atomic E-state index is 11.8. The van der Waals surface area contributed by atoms with Crippen molar-refractivity contribution < 1.29 is 13.2 Å². The van der Waals surface area contributed by atoms with Crippen LogP contribution in [0.5, 0.6) is 0 Å². The second kappa shape index (κ2) is 3.64. The van der Waals surface area contributed by atoms with Crippen LogP contribution in [0.3, 0.4) is 0 Å². The molecule has 1 N–H and O–H groups in total. The van der Waals surface area contributed by atoms with Gasteiger partial charge in [0.05, 0.1) is 0 Å². The van der Waals surface area contributed by atoms with E-state index in [1.54, 1.807) is 6.92 Å². The van der Waals surface area contributed by atoms with Gasteiger partial charge in [0.2, 0.25) is 0 Å². The molecule has 0 atom stereocenters. The number of halogens is 3. The maximum Gasteiger partial charge on any atom is 0.405 e. The molecule has 72 valence electrons. The average molecular weight is 190 g/mol. The van der Waals surface area contributed by atoms with Gasteiger partial charge in [-0.1, -0.05) is 0 Å². The molecule has 0 fully saturated rings. The van der Waals surface area contributed by atoms with Crippen molar-refractivity contribution in [1.29, 1.82) is 0 Å². The molecule has 1 aromatic rings. The highest BCUT2D eigenvalue weighted by atomic mass is 19.4. The van der Waals surface area contributed by atoms with Crippen LogP contribution in [0.4, 0.5) is 18.9 Å². The van der Waals surface area contributed by atoms with E-state index in [9.17, 15) is 13.2 Å². The van der Waals surface area contributed by atoms with Gasteiger partial charge in [0.15, 0.2) is 0 Å². The standard InChI is InChI=1S/C8H9F3N2/c1-6-4-12-3-2-7(6)13-5-8(9,10)11/h2-4H,5H2,1H3,(H,12,13). The number of alkyl halides is 3. The third-order valence-electron chi connectivity index (χ3n) is 1.50. The number of aryl methyl sites for hydroxylation is 1. The summed E-state index contributed by atoms with van der Waals surface area (Å²) < 4.78 is 35.4. The largest absolute Gasteiger partial charge is 0.405 e. The lowest BCUT2D eigenvalue weighted by molar-refractivity contribution is -0.115. The number of hydrogen-bond acceptors (Lipinski definition) is 2. The van der Waals surface area contributed by atoms with Gasteiger partial charge in [-0.3, -0.25) is 4.98 Å². The molecule has 0 saturated carbocycles. The summed E-state index contributed by atoms with van der Waals surface area (Å²) in [5.41, 5.74) is 1.17. The van der Waals surface area contributed by atoms with Crippen LogP contribution in [0.15, 0.2) is 18.5 Å². The van der Waals surface area contributed by atoms with Crippen LogP contribution in [0.25, 0.3) is 0 Å². The second-order valence-electron chi connectivity index (χ2n) is 2.66. The number of nitrogens with one attached hydrogen (secondary N) is 1. The Hall–Kier alpha value is -1.26. The highest BCUT2D eigenvalue weighted by Crippen LogP contribution is 2.17. The first-order chi connectivity index (χ1) is 5.99. The van der Waals surface area contributed by atoms with E-state index >= 15 is 0 Å². The minimum atomic E-state index is -4.18. The summed E-state index contributed by atoms with van der Waals surface area (Å²) in [6.45, 7) is 0.684. The fourth-order valence-corrected chi connectivity index (χ4v) is 0.867. The fraction of sp³-hybridized carbons (Fsp3) is 0.375. The van der Waals surface area contributed by atoms with Gasteiger partial charge in [-0.15, -0.1) is 0 Å². The fourth-order valence-electron chi connectivity index (χ4n) is 0.867. The Balaban J connectivity index is 2.60. The molecule has 0 saturated heterocycles. The van der Waals surface area contributed by atoms with Crippen molar-refractivity contribution in [3.63, 3.8) is 0 Å². The molecule has 2 nitrogen and oxygen atoms in total. The molecule has 1 heterocycles. The minimum absolute atomic E-state index is 0.465. The third kappa shape index (κ3) is 3.31. The zero-order valence-corrected chi connectivity index (χ0v) is 7.02. The summed E-state index contributed by atoms with van der Waals surface area (Å²) in [7, 11) is 0. The molecule has 13 heavy (non-hydrogen) atoms. The first-order valence-corrected chi connectivity index (χ1v) is 3.70. The summed E-state index contributed by atoms with van der Waals surface area (Å²) in [6.07, 6.45) is -1.22. The lowest BCUT2D eigenvalue weighted by Crippen LogP contribution is -2.21. The summed E-state index contributed by atoms with van der Waals surface area (Å²) in [5.74, 6) is 0. The summed E-state index contributed by atoms with van der Waals surface area (Å²) in [5, 5.41) is 2.29. The SMILES string of the molecule is Cc1cnccc1NCC(F)(F)F. The molecule has 5 heteroatoms. The van der Waals surface area contributed by atoms with Gasteiger partial charge in [-0.2, -0.15) is 13.2 Å². The molecule has 0 aromatic carbocycles. The molecular weight excluding hydrogens is 181 g/mol. The normalized spacial score (nSPS) is 11.4. The van der Waals surface area contributed by atoms with Crippen LogP contribution in [0, 0.1) is 6.92 Å². The van der Waals surface area contributed by atoms with Crippen LogP contribution in [-0.4, -0.2) is 17.7 Å². The lowest BCUT2D eigenvalue weighted by atomic mass is 10.2. The van der Waals surface area contributed by atoms with E-state index in [2.05, 4.69) is 10.3 Å². The van der Waals surface area contributed by atoms with Crippen molar-refractivity contribution in [2.75, 3.05) is 11.9 Å². The Labute approximate surface area is 73.8 Å². The molecule has 0 aliphatic carbocycles. The Morgan fingerprint density at radius 1 is 1.46 bits per heavy atom. The average Bonchev–Trinajstić information content (AvgIpc) is 2.01. The second-order valence-corrected chi connectivity index (χ2v) is 2.66. The van der Waals surface area contributed by atoms with E-state index in [-0.39, 0.29) is 0 Å². The van der Waals surface area contributed by atoms with E-state index in [1.807, 2.05) is 0 Å². The molecule has 0 spiro atoms. The van der Waals surface area contributed by atoms with Crippen LogP contribution < -0.4 is 5.32 Å². The molecular formula is C8H9F3N2. The van der Waals surface area contributed by atoms with Gasteiger partial charge in [0.1, 0.15) is 6.54 Å². The molecule has 0 amide bonds. The molecule has 0 aliphatic rings. The predicted octanol–water partition coefficient (Wildman–Crippen LogP) is 2.36. The monoisotopic (exact) mass is 190 g/mol. The minimum Gasteiger partial charge on any atom is -0.376 e. The summed E-state index contributed by atoms with van der Waals surface area (Å²) in [4.78, 5) is 3.77. The lowest BCUT2D eigenvalue weighted by Gasteiger charge is -2.10. The zero-order valence-electron chi connectivity index (χ0n) is 7.02. The molecule has 1 rings (SSSR count). The van der Waals surface area contributed by atoms with E-state index in [4.69, 9.17) is 0 Å². The van der Waals surface area contributed by atoms with E-state index in [0.717, 1.165) is 0 Å². The van der Waals surface area contributed by atoms with Gasteiger partial charge < -0.3 is 5.32 Å². The van der Waals surface area contributed by atoms with Crippen molar-refractivity contribution >= 4 is 5.69 Å². The number of aromatic nitrogens is 1. The topological polar surface area (TPSA) is 24.9 Å². The van der Waals surface area contributed by atoms with Gasteiger partial charge in [-0.25, -0.2) is 0 Å². The van der Waals surface area contributed by atoms with E-state index in [0.29, 0.717) is 11.3 Å². The summed E-state index contributed by atoms with van der Waals surface area (Å²) in [6, 6.07) is 1.51. The first-order valence-electron chi connectivity index (χ1n) is 3.70. The number of pyridine rings is 1. The maximum absolute atomic E-state index is 11.8. The van der Waals surface area contributed by atoms with Crippen LogP contribution in [0.1, 0.15) is 5.56 Å². The van der Waals surface area contributed by atoms with Crippen molar-refractivity contribution in [2.24, 2.45) is 0 Å². The number of rotatable bonds is 2. The zero-order chi connectivity index (χ0) is 9.90. The smallest absolute Gasteiger partial charge is 0.376 e. The molecule has 1 aromatic heterocycles. The van der Waals surface area contributed by atoms with Crippen molar-refractivity contribution in [1.82, 2.24) is 4.98 Å². The molecule has 0 bridgehead atoms. The van der Waals surface area contributed by atoms with Crippen molar-refractivity contribution in [2.45, 2.75) is 13.1 Å². The first kappa shape index (κ1) is 9.83. The van der Waals surface area contributed by atoms with Gasteiger partial charge in [0.25, 0.3) is 0 Å². The van der Waals surface area contributed by atoms with Gasteiger partial charge >= 0.3 is 6.18 Å². The third-order valence-corrected chi connectivity index (χ3v) is 1.50.